The Morgan fingerprint density at radius 1 is 1.48 bits per heavy atom. The van der Waals surface area contributed by atoms with E-state index >= 15 is 0 Å². The lowest BCUT2D eigenvalue weighted by molar-refractivity contribution is -0.148. The number of carbonyl (C=O) groups excluding carboxylic acids is 2. The van der Waals surface area contributed by atoms with Crippen molar-refractivity contribution in [1.82, 2.24) is 4.90 Å². The second-order valence-corrected chi connectivity index (χ2v) is 5.10. The first-order valence-electron chi connectivity index (χ1n) is 7.15. The minimum absolute atomic E-state index is 0.188. The molecule has 0 radical (unpaired) electrons. The number of aryl methyl sites for hydroxylation is 1. The normalized spacial score (nSPS) is 18.7. The molecule has 1 aliphatic heterocycles. The van der Waals surface area contributed by atoms with Gasteiger partial charge in [0, 0.05) is 5.56 Å². The highest BCUT2D eigenvalue weighted by Crippen LogP contribution is 2.23. The van der Waals surface area contributed by atoms with Crippen LogP contribution in [0.1, 0.15) is 41.6 Å². The molecule has 0 bridgehead atoms. The van der Waals surface area contributed by atoms with Gasteiger partial charge in [-0.3, -0.25) is 9.69 Å². The van der Waals surface area contributed by atoms with E-state index in [1.807, 2.05) is 11.0 Å². The topological polar surface area (TPSA) is 69.0 Å². The third-order valence-corrected chi connectivity index (χ3v) is 3.62. The molecule has 0 amide bonds. The van der Waals surface area contributed by atoms with Crippen LogP contribution in [0.5, 0.6) is 0 Å². The van der Waals surface area contributed by atoms with Crippen LogP contribution in [-0.2, 0) is 20.8 Å². The fraction of sp³-hybridized carbons (Fsp3) is 0.600. The summed E-state index contributed by atoms with van der Waals surface area (Å²) < 4.78 is 15.3. The number of hydrogen-bond donors (Lipinski definition) is 0. The van der Waals surface area contributed by atoms with Gasteiger partial charge in [-0.15, -0.1) is 0 Å². The Morgan fingerprint density at radius 3 is 2.90 bits per heavy atom. The van der Waals surface area contributed by atoms with E-state index < -0.39 is 5.97 Å². The van der Waals surface area contributed by atoms with Crippen LogP contribution in [-0.4, -0.2) is 43.1 Å². The summed E-state index contributed by atoms with van der Waals surface area (Å²) in [5.41, 5.74) is 0.740. The summed E-state index contributed by atoms with van der Waals surface area (Å²) in [5.74, 6) is 0.206. The molecule has 2 heterocycles. The monoisotopic (exact) mass is 295 g/mol. The van der Waals surface area contributed by atoms with Crippen molar-refractivity contribution in [2.45, 2.75) is 39.3 Å². The number of nitrogens with zero attached hydrogens (tertiary/aromatic N) is 1. The molecule has 0 N–H and O–H groups in total. The average Bonchev–Trinajstić information content (AvgIpc) is 3.05. The molecule has 6 nitrogen and oxygen atoms in total. The van der Waals surface area contributed by atoms with E-state index in [-0.39, 0.29) is 17.8 Å². The summed E-state index contributed by atoms with van der Waals surface area (Å²) in [6.07, 6.45) is 1.75. The van der Waals surface area contributed by atoms with Crippen molar-refractivity contribution in [2.24, 2.45) is 0 Å². The smallest absolute Gasteiger partial charge is 0.374 e. The number of methoxy groups -OCH3 is 1. The zero-order chi connectivity index (χ0) is 15.4. The fourth-order valence-corrected chi connectivity index (χ4v) is 2.64. The summed E-state index contributed by atoms with van der Waals surface area (Å²) in [5, 5.41) is 0. The third-order valence-electron chi connectivity index (χ3n) is 3.62. The van der Waals surface area contributed by atoms with Gasteiger partial charge < -0.3 is 13.9 Å². The van der Waals surface area contributed by atoms with Crippen molar-refractivity contribution in [2.75, 3.05) is 20.3 Å². The number of esters is 2. The van der Waals surface area contributed by atoms with E-state index in [0.717, 1.165) is 24.9 Å². The summed E-state index contributed by atoms with van der Waals surface area (Å²) in [6.45, 7) is 5.29. The third kappa shape index (κ3) is 3.44. The Labute approximate surface area is 124 Å². The highest BCUT2D eigenvalue weighted by atomic mass is 16.5. The van der Waals surface area contributed by atoms with Crippen molar-refractivity contribution in [3.05, 3.63) is 23.2 Å². The lowest BCUT2D eigenvalue weighted by atomic mass is 10.2. The van der Waals surface area contributed by atoms with Crippen LogP contribution in [0.2, 0.25) is 0 Å². The van der Waals surface area contributed by atoms with Crippen LogP contribution in [0, 0.1) is 6.92 Å². The highest BCUT2D eigenvalue weighted by Gasteiger charge is 2.32. The Morgan fingerprint density at radius 2 is 2.24 bits per heavy atom. The number of hydrogen-bond acceptors (Lipinski definition) is 6. The van der Waals surface area contributed by atoms with E-state index in [2.05, 4.69) is 4.74 Å². The molecule has 0 saturated carbocycles. The molecule has 1 aliphatic rings. The van der Waals surface area contributed by atoms with E-state index in [1.165, 1.54) is 7.11 Å². The summed E-state index contributed by atoms with van der Waals surface area (Å²) in [4.78, 5) is 25.5. The minimum Gasteiger partial charge on any atom is -0.465 e. The van der Waals surface area contributed by atoms with E-state index in [4.69, 9.17) is 9.15 Å². The molecule has 1 fully saturated rings. The molecular formula is C15H21NO5. The van der Waals surface area contributed by atoms with Crippen molar-refractivity contribution >= 4 is 11.9 Å². The van der Waals surface area contributed by atoms with Crippen molar-refractivity contribution in [3.63, 3.8) is 0 Å². The molecule has 116 valence electrons. The Balaban J connectivity index is 2.07. The van der Waals surface area contributed by atoms with E-state index in [1.54, 1.807) is 13.8 Å². The maximum Gasteiger partial charge on any atom is 0.374 e. The average molecular weight is 295 g/mol. The highest BCUT2D eigenvalue weighted by molar-refractivity contribution is 5.87. The molecule has 1 unspecified atom stereocenters. The van der Waals surface area contributed by atoms with Gasteiger partial charge in [-0.05, 0) is 39.3 Å². The first-order valence-corrected chi connectivity index (χ1v) is 7.15. The van der Waals surface area contributed by atoms with Gasteiger partial charge in [0.25, 0.3) is 0 Å². The number of rotatable bonds is 5. The molecule has 2 rings (SSSR count). The number of ether oxygens (including phenoxy) is 2. The van der Waals surface area contributed by atoms with Gasteiger partial charge in [-0.1, -0.05) is 0 Å². The molecule has 1 aromatic rings. The number of furan rings is 1. The van der Waals surface area contributed by atoms with Gasteiger partial charge in [0.15, 0.2) is 0 Å². The van der Waals surface area contributed by atoms with Crippen LogP contribution >= 0.6 is 0 Å². The summed E-state index contributed by atoms with van der Waals surface area (Å²) >= 11 is 0. The maximum atomic E-state index is 11.9. The van der Waals surface area contributed by atoms with Crippen LogP contribution in [0.4, 0.5) is 0 Å². The maximum absolute atomic E-state index is 11.9. The lowest BCUT2D eigenvalue weighted by Crippen LogP contribution is -2.36. The van der Waals surface area contributed by atoms with Gasteiger partial charge in [-0.25, -0.2) is 4.79 Å². The predicted molar refractivity (Wildman–Crippen MR) is 74.8 cm³/mol. The largest absolute Gasteiger partial charge is 0.465 e. The molecule has 1 saturated heterocycles. The second kappa shape index (κ2) is 6.76. The minimum atomic E-state index is -0.484. The van der Waals surface area contributed by atoms with Crippen LogP contribution in [0.25, 0.3) is 0 Å². The zero-order valence-electron chi connectivity index (χ0n) is 12.7. The first-order chi connectivity index (χ1) is 10.1. The zero-order valence-corrected chi connectivity index (χ0v) is 12.7. The van der Waals surface area contributed by atoms with Gasteiger partial charge in [-0.2, -0.15) is 0 Å². The molecule has 1 atom stereocenters. The molecule has 0 spiro atoms. The Bertz CT molecular complexity index is 522. The summed E-state index contributed by atoms with van der Waals surface area (Å²) in [6, 6.07) is 1.59. The predicted octanol–water partition coefficient (Wildman–Crippen LogP) is 1.90. The van der Waals surface area contributed by atoms with E-state index in [0.29, 0.717) is 18.9 Å². The standard InChI is InChI=1S/C15H21NO5/c1-4-20-14(17)12-6-5-7-16(12)9-11-8-10(2)13(21-11)15(18)19-3/h8,12H,4-7,9H2,1-3H3. The fourth-order valence-electron chi connectivity index (χ4n) is 2.64. The van der Waals surface area contributed by atoms with Crippen LogP contribution in [0.3, 0.4) is 0 Å². The van der Waals surface area contributed by atoms with Gasteiger partial charge in [0.05, 0.1) is 20.3 Å². The van der Waals surface area contributed by atoms with Crippen LogP contribution in [0.15, 0.2) is 10.5 Å². The Hall–Kier alpha value is -1.82. The quantitative estimate of drug-likeness (QED) is 0.773. The molecule has 21 heavy (non-hydrogen) atoms. The molecule has 1 aromatic heterocycles. The second-order valence-electron chi connectivity index (χ2n) is 5.10. The van der Waals surface area contributed by atoms with Gasteiger partial charge in [0.1, 0.15) is 11.8 Å². The van der Waals surface area contributed by atoms with Crippen molar-refractivity contribution in [3.8, 4) is 0 Å². The molecule has 0 aromatic carbocycles. The van der Waals surface area contributed by atoms with Gasteiger partial charge in [0.2, 0.25) is 5.76 Å². The van der Waals surface area contributed by atoms with E-state index in [9.17, 15) is 9.59 Å². The van der Waals surface area contributed by atoms with Gasteiger partial charge >= 0.3 is 11.9 Å². The number of carbonyl (C=O) groups is 2. The van der Waals surface area contributed by atoms with Crippen molar-refractivity contribution < 1.29 is 23.5 Å². The molecular weight excluding hydrogens is 274 g/mol. The lowest BCUT2D eigenvalue weighted by Gasteiger charge is -2.21. The van der Waals surface area contributed by atoms with Crippen molar-refractivity contribution in [1.29, 1.82) is 0 Å². The molecule has 6 heteroatoms. The molecule has 0 aliphatic carbocycles. The Kier molecular flexibility index (Phi) is 5.01. The number of likely N-dealkylation sites (tertiary alicyclic amines) is 1. The summed E-state index contributed by atoms with van der Waals surface area (Å²) in [7, 11) is 1.32. The first kappa shape index (κ1) is 15.6. The SMILES string of the molecule is CCOC(=O)C1CCCN1Cc1cc(C)c(C(=O)OC)o1. The van der Waals surface area contributed by atoms with Crippen LogP contribution < -0.4 is 0 Å².